The summed E-state index contributed by atoms with van der Waals surface area (Å²) in [6, 6.07) is 10.4. The van der Waals surface area contributed by atoms with E-state index in [-0.39, 0.29) is 18.2 Å². The van der Waals surface area contributed by atoms with Gasteiger partial charge >= 0.3 is 6.09 Å². The van der Waals surface area contributed by atoms with Gasteiger partial charge in [0.25, 0.3) is 0 Å². The number of carbonyl (C=O) groups excluding carboxylic acids is 2. The highest BCUT2D eigenvalue weighted by Crippen LogP contribution is 2.28. The SMILES string of the molecule is CC1CCCN(C(=O)OC(C)(C)C)C1COC1CCC(OCc2ccccc2)CC1.CC=O. The molecule has 1 heterocycles. The summed E-state index contributed by atoms with van der Waals surface area (Å²) in [4.78, 5) is 23.4. The third-order valence-electron chi connectivity index (χ3n) is 6.20. The molecule has 1 aromatic carbocycles. The van der Waals surface area contributed by atoms with Crippen LogP contribution in [0.4, 0.5) is 4.79 Å². The van der Waals surface area contributed by atoms with Gasteiger partial charge in [-0.05, 0) is 77.7 Å². The molecule has 1 saturated carbocycles. The number of rotatable bonds is 6. The lowest BCUT2D eigenvalue weighted by Gasteiger charge is -2.41. The summed E-state index contributed by atoms with van der Waals surface area (Å²) < 4.78 is 18.0. The van der Waals surface area contributed by atoms with E-state index >= 15 is 0 Å². The van der Waals surface area contributed by atoms with Crippen LogP contribution < -0.4 is 0 Å². The molecule has 3 rings (SSSR count). The predicted molar refractivity (Wildman–Crippen MR) is 130 cm³/mol. The fourth-order valence-electron chi connectivity index (χ4n) is 4.44. The number of likely N-dealkylation sites (tertiary alicyclic amines) is 1. The summed E-state index contributed by atoms with van der Waals surface area (Å²) in [5.74, 6) is 0.428. The minimum atomic E-state index is -0.471. The summed E-state index contributed by atoms with van der Waals surface area (Å²) in [5, 5.41) is 0. The van der Waals surface area contributed by atoms with Crippen LogP contribution in [0.1, 0.15) is 78.7 Å². The van der Waals surface area contributed by atoms with Gasteiger partial charge in [-0.1, -0.05) is 37.3 Å². The van der Waals surface area contributed by atoms with E-state index in [0.717, 1.165) is 51.4 Å². The van der Waals surface area contributed by atoms with Gasteiger partial charge in [0, 0.05) is 6.54 Å². The Balaban J connectivity index is 0.00000122. The molecule has 0 spiro atoms. The van der Waals surface area contributed by atoms with Crippen molar-refractivity contribution in [3.63, 3.8) is 0 Å². The van der Waals surface area contributed by atoms with Crippen molar-refractivity contribution < 1.29 is 23.8 Å². The Hall–Kier alpha value is -1.92. The Kier molecular flexibility index (Phi) is 11.3. The average molecular weight is 462 g/mol. The molecule has 2 fully saturated rings. The highest BCUT2D eigenvalue weighted by Gasteiger charge is 2.35. The number of nitrogens with zero attached hydrogens (tertiary/aromatic N) is 1. The van der Waals surface area contributed by atoms with Crippen molar-refractivity contribution in [3.05, 3.63) is 35.9 Å². The van der Waals surface area contributed by atoms with Crippen molar-refractivity contribution in [2.75, 3.05) is 13.2 Å². The molecule has 0 bridgehead atoms. The summed E-state index contributed by atoms with van der Waals surface area (Å²) in [5.41, 5.74) is 0.755. The Labute approximate surface area is 200 Å². The fourth-order valence-corrected chi connectivity index (χ4v) is 4.44. The van der Waals surface area contributed by atoms with Crippen LogP contribution in [-0.4, -0.2) is 54.3 Å². The molecule has 0 aromatic heterocycles. The van der Waals surface area contributed by atoms with Crippen LogP contribution in [-0.2, 0) is 25.6 Å². The molecule has 33 heavy (non-hydrogen) atoms. The predicted octanol–water partition coefficient (Wildman–Crippen LogP) is 5.77. The number of amides is 1. The Morgan fingerprint density at radius 3 is 2.18 bits per heavy atom. The monoisotopic (exact) mass is 461 g/mol. The molecule has 186 valence electrons. The minimum Gasteiger partial charge on any atom is -0.444 e. The smallest absolute Gasteiger partial charge is 0.410 e. The molecule has 6 heteroatoms. The van der Waals surface area contributed by atoms with E-state index in [2.05, 4.69) is 31.2 Å². The summed E-state index contributed by atoms with van der Waals surface area (Å²) >= 11 is 0. The van der Waals surface area contributed by atoms with Crippen LogP contribution in [0.15, 0.2) is 30.3 Å². The quantitative estimate of drug-likeness (QED) is 0.503. The Morgan fingerprint density at radius 1 is 1.03 bits per heavy atom. The first-order valence-electron chi connectivity index (χ1n) is 12.4. The third kappa shape index (κ3) is 9.85. The first-order valence-corrected chi connectivity index (χ1v) is 12.4. The van der Waals surface area contributed by atoms with Gasteiger partial charge in [0.05, 0.1) is 31.5 Å². The van der Waals surface area contributed by atoms with Crippen molar-refractivity contribution in [1.82, 2.24) is 4.90 Å². The van der Waals surface area contributed by atoms with Crippen LogP contribution in [0.25, 0.3) is 0 Å². The number of hydrogen-bond acceptors (Lipinski definition) is 5. The highest BCUT2D eigenvalue weighted by atomic mass is 16.6. The molecule has 2 aliphatic rings. The van der Waals surface area contributed by atoms with Crippen LogP contribution >= 0.6 is 0 Å². The molecule has 1 amide bonds. The summed E-state index contributed by atoms with van der Waals surface area (Å²) in [7, 11) is 0. The maximum absolute atomic E-state index is 12.7. The van der Waals surface area contributed by atoms with E-state index in [1.807, 2.05) is 31.7 Å². The number of benzene rings is 1. The zero-order chi connectivity index (χ0) is 24.3. The van der Waals surface area contributed by atoms with Gasteiger partial charge in [0.1, 0.15) is 11.9 Å². The molecular weight excluding hydrogens is 418 g/mol. The number of carbonyl (C=O) groups is 2. The van der Waals surface area contributed by atoms with Crippen molar-refractivity contribution in [3.8, 4) is 0 Å². The molecular formula is C27H43NO5. The largest absolute Gasteiger partial charge is 0.444 e. The molecule has 1 aromatic rings. The standard InChI is InChI=1S/C25H39NO4.C2H4O/c1-19-9-8-16-26(24(27)30-25(2,3)4)23(19)18-29-22-14-12-21(13-15-22)28-17-20-10-6-5-7-11-20;1-2-3/h5-7,10-11,19,21-23H,8-9,12-18H2,1-4H3;2H,1H3. The molecule has 2 atom stereocenters. The minimum absolute atomic E-state index is 0.0978. The van der Waals surface area contributed by atoms with Crippen molar-refractivity contribution >= 4 is 12.4 Å². The van der Waals surface area contributed by atoms with Gasteiger partial charge in [0.15, 0.2) is 0 Å². The van der Waals surface area contributed by atoms with E-state index in [0.29, 0.717) is 25.2 Å². The van der Waals surface area contributed by atoms with Gasteiger partial charge < -0.3 is 23.9 Å². The van der Waals surface area contributed by atoms with Crippen LogP contribution in [0, 0.1) is 5.92 Å². The lowest BCUT2D eigenvalue weighted by atomic mass is 9.91. The Bertz CT molecular complexity index is 694. The van der Waals surface area contributed by atoms with Gasteiger partial charge in [-0.15, -0.1) is 0 Å². The van der Waals surface area contributed by atoms with Gasteiger partial charge in [-0.2, -0.15) is 0 Å². The molecule has 2 unspecified atom stereocenters. The van der Waals surface area contributed by atoms with Gasteiger partial charge in [-0.3, -0.25) is 0 Å². The summed E-state index contributed by atoms with van der Waals surface area (Å²) in [6.07, 6.45) is 7.39. The normalized spacial score (nSPS) is 25.5. The van der Waals surface area contributed by atoms with Gasteiger partial charge in [-0.25, -0.2) is 4.79 Å². The molecule has 6 nitrogen and oxygen atoms in total. The van der Waals surface area contributed by atoms with Crippen molar-refractivity contribution in [2.45, 2.75) is 104 Å². The second kappa shape index (κ2) is 13.7. The number of hydrogen-bond donors (Lipinski definition) is 0. The number of ether oxygens (including phenoxy) is 3. The van der Waals surface area contributed by atoms with E-state index in [4.69, 9.17) is 19.0 Å². The average Bonchev–Trinajstić information content (AvgIpc) is 2.77. The Morgan fingerprint density at radius 2 is 1.61 bits per heavy atom. The fraction of sp³-hybridized carbons (Fsp3) is 0.704. The zero-order valence-electron chi connectivity index (χ0n) is 21.1. The van der Waals surface area contributed by atoms with Crippen molar-refractivity contribution in [2.24, 2.45) is 5.92 Å². The highest BCUT2D eigenvalue weighted by molar-refractivity contribution is 5.68. The topological polar surface area (TPSA) is 65.1 Å². The third-order valence-corrected chi connectivity index (χ3v) is 6.20. The van der Waals surface area contributed by atoms with Crippen LogP contribution in [0.5, 0.6) is 0 Å². The van der Waals surface area contributed by atoms with E-state index in [1.54, 1.807) is 0 Å². The van der Waals surface area contributed by atoms with Gasteiger partial charge in [0.2, 0.25) is 0 Å². The zero-order valence-corrected chi connectivity index (χ0v) is 21.1. The molecule has 1 aliphatic heterocycles. The van der Waals surface area contributed by atoms with E-state index in [9.17, 15) is 4.79 Å². The maximum Gasteiger partial charge on any atom is 0.410 e. The molecule has 0 radical (unpaired) electrons. The van der Waals surface area contributed by atoms with Crippen LogP contribution in [0.3, 0.4) is 0 Å². The maximum atomic E-state index is 12.7. The molecule has 0 N–H and O–H groups in total. The lowest BCUT2D eigenvalue weighted by Crippen LogP contribution is -2.52. The second-order valence-electron chi connectivity index (χ2n) is 10.1. The number of piperidine rings is 1. The first-order chi connectivity index (χ1) is 15.7. The van der Waals surface area contributed by atoms with E-state index in [1.165, 1.54) is 12.5 Å². The van der Waals surface area contributed by atoms with Crippen LogP contribution in [0.2, 0.25) is 0 Å². The molecule has 1 saturated heterocycles. The lowest BCUT2D eigenvalue weighted by molar-refractivity contribution is -0.106. The summed E-state index contributed by atoms with van der Waals surface area (Å²) in [6.45, 7) is 11.5. The first kappa shape index (κ1) is 27.3. The van der Waals surface area contributed by atoms with E-state index < -0.39 is 5.60 Å². The second-order valence-corrected chi connectivity index (χ2v) is 10.1. The number of aldehydes is 1. The molecule has 1 aliphatic carbocycles. The van der Waals surface area contributed by atoms with Crippen molar-refractivity contribution in [1.29, 1.82) is 0 Å².